The second-order valence-electron chi connectivity index (χ2n) is 7.18. The lowest BCUT2D eigenvalue weighted by molar-refractivity contribution is -0.114. The molecule has 4 aromatic rings. The van der Waals surface area contributed by atoms with E-state index in [1.54, 1.807) is 12.1 Å². The van der Waals surface area contributed by atoms with Gasteiger partial charge in [-0.1, -0.05) is 41.6 Å². The Morgan fingerprint density at radius 1 is 1.26 bits per heavy atom. The first-order chi connectivity index (χ1) is 16.9. The Labute approximate surface area is 214 Å². The Bertz CT molecular complexity index is 1490. The van der Waals surface area contributed by atoms with E-state index in [0.29, 0.717) is 32.7 Å². The SMILES string of the molecule is [C-]#[N+]c1c(N)nc(SCc2csc(-c3ccc(Cl)cc3)n2)c(C#N)c1-c1ccc(NC(C)=O)nc1. The first kappa shape index (κ1) is 24.2. The summed E-state index contributed by atoms with van der Waals surface area (Å²) >= 11 is 8.80. The molecule has 0 saturated carbocycles. The minimum Gasteiger partial charge on any atom is -0.392 e. The van der Waals surface area contributed by atoms with Crippen molar-refractivity contribution in [2.75, 3.05) is 11.1 Å². The molecule has 0 radical (unpaired) electrons. The van der Waals surface area contributed by atoms with Crippen LogP contribution in [0.15, 0.2) is 53.0 Å². The lowest BCUT2D eigenvalue weighted by atomic mass is 10.0. The van der Waals surface area contributed by atoms with Gasteiger partial charge in [-0.25, -0.2) is 19.8 Å². The van der Waals surface area contributed by atoms with Crippen molar-refractivity contribution in [1.29, 1.82) is 5.26 Å². The number of pyridine rings is 2. The van der Waals surface area contributed by atoms with Crippen LogP contribution in [0.2, 0.25) is 5.02 Å². The first-order valence-electron chi connectivity index (χ1n) is 10.1. The molecule has 0 aliphatic heterocycles. The van der Waals surface area contributed by atoms with Crippen LogP contribution < -0.4 is 11.1 Å². The van der Waals surface area contributed by atoms with Crippen LogP contribution in [0.1, 0.15) is 18.2 Å². The van der Waals surface area contributed by atoms with E-state index in [2.05, 4.69) is 31.2 Å². The number of hydrogen-bond acceptors (Lipinski definition) is 8. The van der Waals surface area contributed by atoms with E-state index < -0.39 is 0 Å². The number of thiazole rings is 1. The van der Waals surface area contributed by atoms with Gasteiger partial charge in [0.05, 0.1) is 17.8 Å². The van der Waals surface area contributed by atoms with Gasteiger partial charge in [0.1, 0.15) is 27.7 Å². The highest BCUT2D eigenvalue weighted by Gasteiger charge is 2.21. The molecule has 0 aliphatic rings. The van der Waals surface area contributed by atoms with Crippen LogP contribution >= 0.6 is 34.7 Å². The highest BCUT2D eigenvalue weighted by molar-refractivity contribution is 7.98. The number of thioether (sulfide) groups is 1. The van der Waals surface area contributed by atoms with Crippen LogP contribution in [-0.4, -0.2) is 20.9 Å². The molecule has 3 aromatic heterocycles. The topological polar surface area (TPSA) is 122 Å². The summed E-state index contributed by atoms with van der Waals surface area (Å²) in [6.45, 7) is 8.96. The monoisotopic (exact) mass is 517 g/mol. The molecule has 3 N–H and O–H groups in total. The first-order valence-corrected chi connectivity index (χ1v) is 12.3. The van der Waals surface area contributed by atoms with Crippen LogP contribution in [0.3, 0.4) is 0 Å². The number of nitriles is 1. The fourth-order valence-corrected chi connectivity index (χ4v) is 5.16. The highest BCUT2D eigenvalue weighted by Crippen LogP contribution is 2.41. The molecule has 0 bridgehead atoms. The van der Waals surface area contributed by atoms with Crippen molar-refractivity contribution in [2.24, 2.45) is 0 Å². The fraction of sp³-hybridized carbons (Fsp3) is 0.0833. The van der Waals surface area contributed by atoms with Gasteiger partial charge in [0.15, 0.2) is 0 Å². The standard InChI is InChI=1S/C24H16ClN7OS2/c1-13(33)30-19-8-5-15(10-29-19)20-18(9-26)24(32-22(27)21(20)28-2)35-12-17-11-34-23(31-17)14-3-6-16(25)7-4-14/h3-8,10-11H,12H2,1H3,(H2,27,32)(H,29,30,33). The second-order valence-corrected chi connectivity index (χ2v) is 9.44. The number of nitrogen functional groups attached to an aromatic ring is 1. The maximum atomic E-state index is 11.3. The van der Waals surface area contributed by atoms with E-state index in [0.717, 1.165) is 16.3 Å². The van der Waals surface area contributed by atoms with Gasteiger partial charge in [-0.2, -0.15) is 5.26 Å². The summed E-state index contributed by atoms with van der Waals surface area (Å²) in [6, 6.07) is 12.9. The zero-order valence-electron chi connectivity index (χ0n) is 18.2. The largest absolute Gasteiger partial charge is 0.392 e. The number of nitrogens with zero attached hydrogens (tertiary/aromatic N) is 5. The van der Waals surface area contributed by atoms with Crippen molar-refractivity contribution in [3.8, 4) is 27.8 Å². The Hall–Kier alpha value is -3.96. The van der Waals surface area contributed by atoms with Gasteiger partial charge in [-0.3, -0.25) is 4.79 Å². The third-order valence-electron chi connectivity index (χ3n) is 4.74. The number of hydrogen-bond donors (Lipinski definition) is 2. The number of halogens is 1. The molecule has 11 heteroatoms. The second kappa shape index (κ2) is 10.5. The molecule has 8 nitrogen and oxygen atoms in total. The molecule has 35 heavy (non-hydrogen) atoms. The molecular formula is C24H16ClN7OS2. The maximum absolute atomic E-state index is 11.3. The summed E-state index contributed by atoms with van der Waals surface area (Å²) in [5.74, 6) is 0.600. The summed E-state index contributed by atoms with van der Waals surface area (Å²) in [6.07, 6.45) is 1.49. The summed E-state index contributed by atoms with van der Waals surface area (Å²) in [5, 5.41) is 16.4. The van der Waals surface area contributed by atoms with Crippen molar-refractivity contribution in [1.82, 2.24) is 15.0 Å². The van der Waals surface area contributed by atoms with Gasteiger partial charge in [0, 0.05) is 40.4 Å². The number of nitrogens with two attached hydrogens (primary N) is 1. The van der Waals surface area contributed by atoms with Crippen molar-refractivity contribution >= 4 is 57.9 Å². The van der Waals surface area contributed by atoms with Crippen molar-refractivity contribution < 1.29 is 4.79 Å². The van der Waals surface area contributed by atoms with Gasteiger partial charge >= 0.3 is 0 Å². The molecule has 0 saturated heterocycles. The molecular weight excluding hydrogens is 502 g/mol. The third-order valence-corrected chi connectivity index (χ3v) is 6.95. The Morgan fingerprint density at radius 2 is 2.00 bits per heavy atom. The van der Waals surface area contributed by atoms with Crippen molar-refractivity contribution in [3.63, 3.8) is 0 Å². The molecule has 0 aliphatic carbocycles. The number of nitrogens with one attached hydrogen (secondary N) is 1. The average molecular weight is 518 g/mol. The van der Waals surface area contributed by atoms with Gasteiger partial charge in [0.25, 0.3) is 0 Å². The zero-order chi connectivity index (χ0) is 24.9. The molecule has 172 valence electrons. The summed E-state index contributed by atoms with van der Waals surface area (Å²) in [5.41, 5.74) is 9.09. The Kier molecular flexibility index (Phi) is 7.28. The fourth-order valence-electron chi connectivity index (χ4n) is 3.21. The molecule has 0 atom stereocenters. The lowest BCUT2D eigenvalue weighted by Gasteiger charge is -2.13. The number of carbonyl (C=O) groups excluding carboxylic acids is 1. The van der Waals surface area contributed by atoms with E-state index in [9.17, 15) is 10.1 Å². The van der Waals surface area contributed by atoms with Crippen molar-refractivity contribution in [3.05, 3.63) is 75.7 Å². The van der Waals surface area contributed by atoms with E-state index in [1.165, 1.54) is 36.2 Å². The van der Waals surface area contributed by atoms with Crippen molar-refractivity contribution in [2.45, 2.75) is 17.7 Å². The minimum absolute atomic E-state index is 0.0302. The third kappa shape index (κ3) is 5.42. The lowest BCUT2D eigenvalue weighted by Crippen LogP contribution is -2.07. The Balaban J connectivity index is 1.65. The molecule has 1 aromatic carbocycles. The summed E-state index contributed by atoms with van der Waals surface area (Å²) < 4.78 is 0. The van der Waals surface area contributed by atoms with Crippen LogP contribution in [0.25, 0.3) is 26.5 Å². The number of carbonyl (C=O) groups is 1. The predicted octanol–water partition coefficient (Wildman–Crippen LogP) is 6.18. The summed E-state index contributed by atoms with van der Waals surface area (Å²) in [7, 11) is 0. The summed E-state index contributed by atoms with van der Waals surface area (Å²) in [4.78, 5) is 28.0. The van der Waals surface area contributed by atoms with Gasteiger partial charge in [0.2, 0.25) is 11.6 Å². The number of amides is 1. The van der Waals surface area contributed by atoms with E-state index in [-0.39, 0.29) is 23.0 Å². The Morgan fingerprint density at radius 3 is 2.63 bits per heavy atom. The minimum atomic E-state index is -0.252. The van der Waals surface area contributed by atoms with Gasteiger partial charge in [-0.05, 0) is 23.8 Å². The highest BCUT2D eigenvalue weighted by atomic mass is 35.5. The maximum Gasteiger partial charge on any atom is 0.237 e. The van der Waals surface area contributed by atoms with E-state index in [4.69, 9.17) is 23.9 Å². The zero-order valence-corrected chi connectivity index (χ0v) is 20.6. The van der Waals surface area contributed by atoms with Crippen LogP contribution in [-0.2, 0) is 10.5 Å². The number of rotatable bonds is 6. The smallest absolute Gasteiger partial charge is 0.237 e. The van der Waals surface area contributed by atoms with Crippen LogP contribution in [0.4, 0.5) is 17.3 Å². The normalized spacial score (nSPS) is 10.4. The predicted molar refractivity (Wildman–Crippen MR) is 139 cm³/mol. The molecule has 1 amide bonds. The van der Waals surface area contributed by atoms with Gasteiger partial charge < -0.3 is 11.1 Å². The molecule has 3 heterocycles. The van der Waals surface area contributed by atoms with Gasteiger partial charge in [-0.15, -0.1) is 11.3 Å². The van der Waals surface area contributed by atoms with E-state index in [1.807, 2.05) is 29.6 Å². The average Bonchev–Trinajstić information content (AvgIpc) is 3.32. The van der Waals surface area contributed by atoms with E-state index >= 15 is 0 Å². The molecule has 0 spiro atoms. The number of aromatic nitrogens is 3. The number of benzene rings is 1. The molecule has 4 rings (SSSR count). The quantitative estimate of drug-likeness (QED) is 0.231. The number of anilines is 2. The molecule has 0 fully saturated rings. The van der Waals surface area contributed by atoms with Crippen LogP contribution in [0, 0.1) is 17.9 Å². The van der Waals surface area contributed by atoms with Crippen LogP contribution in [0.5, 0.6) is 0 Å². The molecule has 0 unspecified atom stereocenters.